The fraction of sp³-hybridized carbons (Fsp3) is 0.923. The molecule has 0 saturated carbocycles. The number of carbonyl (C=O) groups excluding carboxylic acids is 3. The number of ketones is 3. The van der Waals surface area contributed by atoms with Crippen LogP contribution in [0.4, 0.5) is 0 Å². The number of carbonyl (C=O) groups is 3. The van der Waals surface area contributed by atoms with Crippen molar-refractivity contribution in [2.75, 3.05) is 0 Å². The third-order valence-corrected chi connectivity index (χ3v) is 9.45. The van der Waals surface area contributed by atoms with Crippen LogP contribution in [-0.2, 0) is 14.4 Å². The van der Waals surface area contributed by atoms with Crippen molar-refractivity contribution in [1.29, 1.82) is 0 Å². The highest BCUT2D eigenvalue weighted by molar-refractivity contribution is 6.01. The second-order valence-electron chi connectivity index (χ2n) is 13.7. The molecule has 6 nitrogen and oxygen atoms in total. The van der Waals surface area contributed by atoms with Gasteiger partial charge < -0.3 is 15.3 Å². The summed E-state index contributed by atoms with van der Waals surface area (Å²) >= 11 is 0. The normalized spacial score (nSPS) is 14.3. The molecular formula is C39H74O6. The van der Waals surface area contributed by atoms with Crippen LogP contribution in [0.3, 0.4) is 0 Å². The second-order valence-corrected chi connectivity index (χ2v) is 13.7. The van der Waals surface area contributed by atoms with Gasteiger partial charge in [0.25, 0.3) is 0 Å². The van der Waals surface area contributed by atoms with Crippen LogP contribution in [0.15, 0.2) is 0 Å². The maximum Gasteiger partial charge on any atom is 0.189 e. The first kappa shape index (κ1) is 43.9. The van der Waals surface area contributed by atoms with Crippen molar-refractivity contribution in [3.05, 3.63) is 0 Å². The van der Waals surface area contributed by atoms with Gasteiger partial charge in [0.1, 0.15) is 0 Å². The van der Waals surface area contributed by atoms with Crippen LogP contribution in [0.1, 0.15) is 213 Å². The van der Waals surface area contributed by atoms with Gasteiger partial charge in [0.15, 0.2) is 35.2 Å². The van der Waals surface area contributed by atoms with E-state index in [1.54, 1.807) is 0 Å². The van der Waals surface area contributed by atoms with Crippen LogP contribution in [0.2, 0.25) is 0 Å². The van der Waals surface area contributed by atoms with Gasteiger partial charge in [-0.05, 0) is 19.3 Å². The fourth-order valence-corrected chi connectivity index (χ4v) is 6.24. The molecule has 0 aromatic heterocycles. The Morgan fingerprint density at radius 2 is 0.622 bits per heavy atom. The molecule has 0 aromatic rings. The van der Waals surface area contributed by atoms with Crippen molar-refractivity contribution in [3.8, 4) is 0 Å². The molecule has 0 rings (SSSR count). The predicted molar refractivity (Wildman–Crippen MR) is 188 cm³/mol. The summed E-state index contributed by atoms with van der Waals surface area (Å²) in [5, 5.41) is 33.5. The Bertz CT molecular complexity index is 680. The van der Waals surface area contributed by atoms with Crippen LogP contribution in [0, 0.1) is 0 Å². The van der Waals surface area contributed by atoms with E-state index in [-0.39, 0.29) is 19.3 Å². The highest BCUT2D eigenvalue weighted by Gasteiger charge is 2.53. The van der Waals surface area contributed by atoms with E-state index in [0.717, 1.165) is 64.2 Å². The summed E-state index contributed by atoms with van der Waals surface area (Å²) in [6.07, 6.45) is 24.5. The van der Waals surface area contributed by atoms with Crippen molar-refractivity contribution in [2.45, 2.75) is 231 Å². The molecule has 0 fully saturated rings. The van der Waals surface area contributed by atoms with Crippen molar-refractivity contribution < 1.29 is 29.7 Å². The average molecular weight is 639 g/mol. The zero-order valence-electron chi connectivity index (χ0n) is 29.9. The number of rotatable bonds is 35. The minimum atomic E-state index is -2.78. The van der Waals surface area contributed by atoms with Crippen LogP contribution in [0.25, 0.3) is 0 Å². The van der Waals surface area contributed by atoms with E-state index in [4.69, 9.17) is 0 Å². The first-order valence-corrected chi connectivity index (χ1v) is 19.4. The highest BCUT2D eigenvalue weighted by Crippen LogP contribution is 2.26. The molecule has 2 atom stereocenters. The maximum atomic E-state index is 13.3. The largest absolute Gasteiger partial charge is 0.382 e. The van der Waals surface area contributed by atoms with E-state index >= 15 is 0 Å². The molecule has 0 radical (unpaired) electrons. The summed E-state index contributed by atoms with van der Waals surface area (Å²) < 4.78 is 0. The lowest BCUT2D eigenvalue weighted by molar-refractivity contribution is -0.181. The number of unbranched alkanes of at least 4 members (excludes halogenated alkanes) is 24. The van der Waals surface area contributed by atoms with Crippen molar-refractivity contribution >= 4 is 17.3 Å². The molecule has 0 aromatic carbocycles. The first-order chi connectivity index (χ1) is 21.8. The van der Waals surface area contributed by atoms with Crippen LogP contribution < -0.4 is 0 Å². The lowest BCUT2D eigenvalue weighted by Crippen LogP contribution is -2.63. The molecule has 0 bridgehead atoms. The zero-order valence-corrected chi connectivity index (χ0v) is 29.9. The van der Waals surface area contributed by atoms with Crippen LogP contribution in [-0.4, -0.2) is 50.5 Å². The van der Waals surface area contributed by atoms with Gasteiger partial charge >= 0.3 is 0 Å². The second kappa shape index (κ2) is 30.2. The highest BCUT2D eigenvalue weighted by atomic mass is 16.4. The Labute approximate surface area is 277 Å². The Hall–Kier alpha value is -1.11. The average Bonchev–Trinajstić information content (AvgIpc) is 3.04. The molecule has 0 heterocycles. The molecule has 2 unspecified atom stereocenters. The molecule has 6 heteroatoms. The topological polar surface area (TPSA) is 112 Å². The predicted octanol–water partition coefficient (Wildman–Crippen LogP) is 9.91. The van der Waals surface area contributed by atoms with Crippen molar-refractivity contribution in [2.24, 2.45) is 0 Å². The molecular weight excluding hydrogens is 564 g/mol. The molecule has 0 spiro atoms. The summed E-state index contributed by atoms with van der Waals surface area (Å²) in [7, 11) is 0. The van der Waals surface area contributed by atoms with Crippen molar-refractivity contribution in [1.82, 2.24) is 0 Å². The molecule has 45 heavy (non-hydrogen) atoms. The Kier molecular flexibility index (Phi) is 29.5. The van der Waals surface area contributed by atoms with Crippen LogP contribution >= 0.6 is 0 Å². The lowest BCUT2D eigenvalue weighted by atomic mass is 9.78. The number of hydrogen-bond donors (Lipinski definition) is 3. The quantitative estimate of drug-likeness (QED) is 0.0596. The first-order valence-electron chi connectivity index (χ1n) is 19.4. The zero-order chi connectivity index (χ0) is 33.6. The minimum Gasteiger partial charge on any atom is -0.382 e. The molecule has 0 amide bonds. The van der Waals surface area contributed by atoms with E-state index < -0.39 is 35.2 Å². The summed E-state index contributed by atoms with van der Waals surface area (Å²) in [5.41, 5.74) is -2.78. The van der Waals surface area contributed by atoms with Gasteiger partial charge in [-0.1, -0.05) is 175 Å². The fourth-order valence-electron chi connectivity index (χ4n) is 6.24. The number of Topliss-reactive ketones (excluding diaryl/α,β-unsaturated/α-hetero) is 3. The van der Waals surface area contributed by atoms with Crippen molar-refractivity contribution in [3.63, 3.8) is 0 Å². The summed E-state index contributed by atoms with van der Waals surface area (Å²) in [6.45, 7) is 6.59. The molecule has 0 aliphatic carbocycles. The standard InChI is InChI=1S/C39H74O6/c1-4-7-10-13-16-19-22-25-28-31-34(40)37(43)39(45,36(42)33-30-27-24-21-18-15-12-9-6-3)38(44)35(41)32-29-26-23-20-17-14-11-8-5-2/h37-38,43-45H,4-33H2,1-3H3. The lowest BCUT2D eigenvalue weighted by Gasteiger charge is -2.34. The summed E-state index contributed by atoms with van der Waals surface area (Å²) in [5.74, 6) is -2.14. The van der Waals surface area contributed by atoms with Gasteiger partial charge in [-0.3, -0.25) is 14.4 Å². The summed E-state index contributed by atoms with van der Waals surface area (Å²) in [6, 6.07) is 0. The van der Waals surface area contributed by atoms with Gasteiger partial charge in [0, 0.05) is 19.3 Å². The summed E-state index contributed by atoms with van der Waals surface area (Å²) in [4.78, 5) is 39.3. The smallest absolute Gasteiger partial charge is 0.189 e. The molecule has 3 N–H and O–H groups in total. The molecule has 266 valence electrons. The van der Waals surface area contributed by atoms with E-state index in [0.29, 0.717) is 19.3 Å². The van der Waals surface area contributed by atoms with E-state index in [9.17, 15) is 29.7 Å². The maximum absolute atomic E-state index is 13.3. The van der Waals surface area contributed by atoms with Gasteiger partial charge in [0.2, 0.25) is 0 Å². The Balaban J connectivity index is 4.95. The van der Waals surface area contributed by atoms with Gasteiger partial charge in [-0.25, -0.2) is 0 Å². The number of aliphatic hydroxyl groups excluding tert-OH is 2. The number of hydrogen-bond acceptors (Lipinski definition) is 6. The van der Waals surface area contributed by atoms with Crippen LogP contribution in [0.5, 0.6) is 0 Å². The van der Waals surface area contributed by atoms with Gasteiger partial charge in [-0.15, -0.1) is 0 Å². The molecule has 0 aliphatic rings. The van der Waals surface area contributed by atoms with E-state index in [1.807, 2.05) is 0 Å². The third kappa shape index (κ3) is 21.4. The number of aliphatic hydroxyl groups is 3. The molecule has 0 aliphatic heterocycles. The minimum absolute atomic E-state index is 0.0176. The Morgan fingerprint density at radius 3 is 0.889 bits per heavy atom. The van der Waals surface area contributed by atoms with E-state index in [2.05, 4.69) is 20.8 Å². The van der Waals surface area contributed by atoms with Gasteiger partial charge in [-0.2, -0.15) is 0 Å². The monoisotopic (exact) mass is 639 g/mol. The Morgan fingerprint density at radius 1 is 0.400 bits per heavy atom. The molecule has 0 saturated heterocycles. The van der Waals surface area contributed by atoms with Gasteiger partial charge in [0.05, 0.1) is 0 Å². The SMILES string of the molecule is CCCCCCCCCCCC(=O)C(O)C(O)(C(=O)CCCCCCCCCCC)C(O)C(=O)CCCCCCCCCCC. The van der Waals surface area contributed by atoms with E-state index in [1.165, 1.54) is 89.9 Å². The third-order valence-electron chi connectivity index (χ3n) is 9.45.